The first-order valence-corrected chi connectivity index (χ1v) is 11.7. The molecule has 2 aromatic carbocycles. The Hall–Kier alpha value is -1.46. The average molecular weight is 504 g/mol. The maximum atomic E-state index is 13.3. The van der Waals surface area contributed by atoms with Crippen LogP contribution in [0.5, 0.6) is 0 Å². The zero-order chi connectivity index (χ0) is 23.0. The predicted octanol–water partition coefficient (Wildman–Crippen LogP) is 6.57. The van der Waals surface area contributed by atoms with E-state index in [1.165, 1.54) is 0 Å². The number of halogens is 4. The first kappa shape index (κ1) is 25.8. The van der Waals surface area contributed by atoms with E-state index in [4.69, 9.17) is 46.4 Å². The normalized spacial score (nSPS) is 11.8. The number of benzene rings is 2. The largest absolute Gasteiger partial charge is 0.354 e. The van der Waals surface area contributed by atoms with E-state index < -0.39 is 6.04 Å². The summed E-state index contributed by atoms with van der Waals surface area (Å²) < 4.78 is 0. The van der Waals surface area contributed by atoms with Gasteiger partial charge in [0.25, 0.3) is 0 Å². The molecule has 1 N–H and O–H groups in total. The Bertz CT molecular complexity index is 920. The van der Waals surface area contributed by atoms with Crippen molar-refractivity contribution < 1.29 is 9.59 Å². The first-order chi connectivity index (χ1) is 14.8. The summed E-state index contributed by atoms with van der Waals surface area (Å²) in [6, 6.07) is 9.67. The predicted molar refractivity (Wildman–Crippen MR) is 129 cm³/mol. The molecule has 0 saturated carbocycles. The third-order valence-corrected chi connectivity index (χ3v) is 6.37. The summed E-state index contributed by atoms with van der Waals surface area (Å²) in [6.45, 7) is 4.75. The Labute approximate surface area is 203 Å². The Kier molecular flexibility index (Phi) is 10.4. The van der Waals surface area contributed by atoms with Crippen LogP contribution in [-0.2, 0) is 22.6 Å². The van der Waals surface area contributed by atoms with Crippen LogP contribution in [0.4, 0.5) is 0 Å². The van der Waals surface area contributed by atoms with Crippen molar-refractivity contribution in [3.8, 4) is 0 Å². The molecule has 0 saturated heterocycles. The molecule has 0 unspecified atom stereocenters. The first-order valence-electron chi connectivity index (χ1n) is 10.2. The lowest BCUT2D eigenvalue weighted by Crippen LogP contribution is -2.49. The molecule has 0 aliphatic carbocycles. The Balaban J connectivity index is 2.29. The lowest BCUT2D eigenvalue weighted by Gasteiger charge is -2.31. The summed E-state index contributed by atoms with van der Waals surface area (Å²) in [7, 11) is 0. The molecule has 8 heteroatoms. The molecule has 0 heterocycles. The van der Waals surface area contributed by atoms with Crippen LogP contribution in [0.15, 0.2) is 36.4 Å². The van der Waals surface area contributed by atoms with E-state index in [-0.39, 0.29) is 24.8 Å². The fraction of sp³-hybridized carbons (Fsp3) is 0.391. The number of carbonyl (C=O) groups excluding carboxylic acids is 2. The molecule has 168 valence electrons. The van der Waals surface area contributed by atoms with Gasteiger partial charge >= 0.3 is 0 Å². The van der Waals surface area contributed by atoms with Crippen LogP contribution in [0.2, 0.25) is 20.1 Å². The van der Waals surface area contributed by atoms with E-state index in [0.717, 1.165) is 24.0 Å². The van der Waals surface area contributed by atoms with Crippen LogP contribution in [0.1, 0.15) is 44.2 Å². The standard InChI is InChI=1S/C23H26Cl4N2O2/c1-3-5-10-28-23(31)21(4-2)29(14-16-7-9-18(25)20(27)12-16)22(30)13-15-6-8-17(24)19(26)11-15/h6-9,11-12,21H,3-5,10,13-14H2,1-2H3,(H,28,31)/t21-/m1/s1. The van der Waals surface area contributed by atoms with Crippen LogP contribution in [-0.4, -0.2) is 29.3 Å². The number of nitrogens with one attached hydrogen (secondary N) is 1. The summed E-state index contributed by atoms with van der Waals surface area (Å²) >= 11 is 24.3. The zero-order valence-corrected chi connectivity index (χ0v) is 20.6. The smallest absolute Gasteiger partial charge is 0.242 e. The minimum absolute atomic E-state index is 0.0942. The van der Waals surface area contributed by atoms with Crippen molar-refractivity contribution in [3.05, 3.63) is 67.6 Å². The number of hydrogen-bond donors (Lipinski definition) is 1. The molecular weight excluding hydrogens is 478 g/mol. The van der Waals surface area contributed by atoms with Gasteiger partial charge in [-0.05, 0) is 48.2 Å². The van der Waals surface area contributed by atoms with E-state index in [9.17, 15) is 9.59 Å². The third kappa shape index (κ3) is 7.57. The molecule has 31 heavy (non-hydrogen) atoms. The van der Waals surface area contributed by atoms with E-state index in [1.807, 2.05) is 6.92 Å². The fourth-order valence-corrected chi connectivity index (χ4v) is 3.83. The summed E-state index contributed by atoms with van der Waals surface area (Å²) in [5, 5.41) is 4.58. The SMILES string of the molecule is CCCCNC(=O)[C@@H](CC)N(Cc1ccc(Cl)c(Cl)c1)C(=O)Cc1ccc(Cl)c(Cl)c1. The second-order valence-corrected chi connectivity index (χ2v) is 8.89. The second-order valence-electron chi connectivity index (χ2n) is 7.26. The lowest BCUT2D eigenvalue weighted by molar-refractivity contribution is -0.140. The summed E-state index contributed by atoms with van der Waals surface area (Å²) in [5.41, 5.74) is 1.51. The van der Waals surface area contributed by atoms with Crippen molar-refractivity contribution in [2.24, 2.45) is 0 Å². The minimum atomic E-state index is -0.610. The van der Waals surface area contributed by atoms with Gasteiger partial charge in [-0.1, -0.05) is 78.8 Å². The van der Waals surface area contributed by atoms with Gasteiger partial charge in [0, 0.05) is 13.1 Å². The third-order valence-electron chi connectivity index (χ3n) is 4.89. The van der Waals surface area contributed by atoms with Gasteiger partial charge in [-0.2, -0.15) is 0 Å². The molecule has 4 nitrogen and oxygen atoms in total. The number of carbonyl (C=O) groups is 2. The Morgan fingerprint density at radius 2 is 1.48 bits per heavy atom. The lowest BCUT2D eigenvalue weighted by atomic mass is 10.1. The zero-order valence-electron chi connectivity index (χ0n) is 17.6. The molecule has 2 amide bonds. The molecule has 2 aromatic rings. The highest BCUT2D eigenvalue weighted by atomic mass is 35.5. The van der Waals surface area contributed by atoms with Gasteiger partial charge in [0.05, 0.1) is 26.5 Å². The summed E-state index contributed by atoms with van der Waals surface area (Å²) in [4.78, 5) is 27.8. The molecule has 0 aliphatic rings. The molecule has 0 aliphatic heterocycles. The fourth-order valence-electron chi connectivity index (χ4n) is 3.19. The minimum Gasteiger partial charge on any atom is -0.354 e. The second kappa shape index (κ2) is 12.5. The van der Waals surface area contributed by atoms with Gasteiger partial charge in [-0.3, -0.25) is 9.59 Å². The Morgan fingerprint density at radius 1 is 0.903 bits per heavy atom. The molecule has 0 spiro atoms. The van der Waals surface area contributed by atoms with Crippen LogP contribution < -0.4 is 5.32 Å². The molecule has 1 atom stereocenters. The van der Waals surface area contributed by atoms with E-state index in [2.05, 4.69) is 12.2 Å². The topological polar surface area (TPSA) is 49.4 Å². The van der Waals surface area contributed by atoms with Crippen LogP contribution >= 0.6 is 46.4 Å². The molecule has 0 radical (unpaired) electrons. The average Bonchev–Trinajstić information content (AvgIpc) is 2.73. The van der Waals surface area contributed by atoms with Gasteiger partial charge in [0.15, 0.2) is 0 Å². The number of nitrogens with zero attached hydrogens (tertiary/aromatic N) is 1. The van der Waals surface area contributed by atoms with Crippen molar-refractivity contribution in [2.45, 2.75) is 52.1 Å². The van der Waals surface area contributed by atoms with Gasteiger partial charge in [-0.15, -0.1) is 0 Å². The molecular formula is C23H26Cl4N2O2. The maximum absolute atomic E-state index is 13.3. The molecule has 0 fully saturated rings. The molecule has 0 bridgehead atoms. The van der Waals surface area contributed by atoms with Crippen molar-refractivity contribution in [3.63, 3.8) is 0 Å². The van der Waals surface area contributed by atoms with E-state index >= 15 is 0 Å². The van der Waals surface area contributed by atoms with Gasteiger partial charge in [0.2, 0.25) is 11.8 Å². The highest BCUT2D eigenvalue weighted by Gasteiger charge is 2.28. The monoisotopic (exact) mass is 502 g/mol. The number of hydrogen-bond acceptors (Lipinski definition) is 2. The van der Waals surface area contributed by atoms with Crippen LogP contribution in [0.25, 0.3) is 0 Å². The van der Waals surface area contributed by atoms with Crippen molar-refractivity contribution in [1.82, 2.24) is 10.2 Å². The summed E-state index contributed by atoms with van der Waals surface area (Å²) in [5.74, 6) is -0.361. The van der Waals surface area contributed by atoms with Crippen molar-refractivity contribution >= 4 is 58.2 Å². The van der Waals surface area contributed by atoms with E-state index in [0.29, 0.717) is 33.1 Å². The van der Waals surface area contributed by atoms with Crippen molar-refractivity contribution in [2.75, 3.05) is 6.54 Å². The van der Waals surface area contributed by atoms with Crippen molar-refractivity contribution in [1.29, 1.82) is 0 Å². The summed E-state index contributed by atoms with van der Waals surface area (Å²) in [6.07, 6.45) is 2.43. The van der Waals surface area contributed by atoms with E-state index in [1.54, 1.807) is 41.3 Å². The quantitative estimate of drug-likeness (QED) is 0.373. The van der Waals surface area contributed by atoms with Gasteiger partial charge < -0.3 is 10.2 Å². The van der Waals surface area contributed by atoms with Gasteiger partial charge in [0.1, 0.15) is 6.04 Å². The number of rotatable bonds is 10. The molecule has 0 aromatic heterocycles. The number of unbranched alkanes of at least 4 members (excludes halogenated alkanes) is 1. The van der Waals surface area contributed by atoms with Crippen LogP contribution in [0, 0.1) is 0 Å². The number of amides is 2. The molecule has 2 rings (SSSR count). The Morgan fingerprint density at radius 3 is 2.03 bits per heavy atom. The highest BCUT2D eigenvalue weighted by Crippen LogP contribution is 2.26. The maximum Gasteiger partial charge on any atom is 0.242 e. The van der Waals surface area contributed by atoms with Gasteiger partial charge in [-0.25, -0.2) is 0 Å². The van der Waals surface area contributed by atoms with Crippen LogP contribution in [0.3, 0.4) is 0 Å². The highest BCUT2D eigenvalue weighted by molar-refractivity contribution is 6.42.